The van der Waals surface area contributed by atoms with Crippen LogP contribution in [0.3, 0.4) is 0 Å². The van der Waals surface area contributed by atoms with Crippen LogP contribution in [0.2, 0.25) is 0 Å². The highest BCUT2D eigenvalue weighted by atomic mass is 35.5. The van der Waals surface area contributed by atoms with Crippen molar-refractivity contribution in [1.82, 2.24) is 14.3 Å². The molecule has 33 heavy (non-hydrogen) atoms. The first-order valence-corrected chi connectivity index (χ1v) is 10.4. The number of esters is 1. The third-order valence-electron chi connectivity index (χ3n) is 4.84. The fourth-order valence-corrected chi connectivity index (χ4v) is 3.14. The molecule has 1 heterocycles. The summed E-state index contributed by atoms with van der Waals surface area (Å²) in [6.45, 7) is 8.22. The van der Waals surface area contributed by atoms with Gasteiger partial charge >= 0.3 is 11.7 Å². The number of hydrogen-bond donors (Lipinski definition) is 2. The van der Waals surface area contributed by atoms with Crippen molar-refractivity contribution in [2.24, 2.45) is 11.1 Å². The minimum atomic E-state index is -0.295. The van der Waals surface area contributed by atoms with Gasteiger partial charge in [-0.15, -0.1) is 17.5 Å². The molecule has 3 rings (SSSR count). The molecule has 0 bridgehead atoms. The van der Waals surface area contributed by atoms with Crippen LogP contribution in [0.1, 0.15) is 44.1 Å². The predicted octanol–water partition coefficient (Wildman–Crippen LogP) is 3.56. The lowest BCUT2D eigenvalue weighted by Crippen LogP contribution is -2.23. The van der Waals surface area contributed by atoms with Crippen LogP contribution in [-0.4, -0.2) is 32.8 Å². The number of nitrogen functional groups attached to an aromatic ring is 1. The Morgan fingerprint density at radius 3 is 2.18 bits per heavy atom. The molecular weight excluding hydrogens is 442 g/mol. The van der Waals surface area contributed by atoms with Gasteiger partial charge in [-0.25, -0.2) is 9.36 Å². The van der Waals surface area contributed by atoms with E-state index in [2.05, 4.69) is 5.10 Å². The van der Waals surface area contributed by atoms with E-state index in [9.17, 15) is 9.59 Å². The topological polar surface area (TPSA) is 116 Å². The number of aromatic nitrogens is 3. The van der Waals surface area contributed by atoms with E-state index >= 15 is 0 Å². The second-order valence-electron chi connectivity index (χ2n) is 8.93. The zero-order valence-electron chi connectivity index (χ0n) is 19.3. The van der Waals surface area contributed by atoms with Crippen LogP contribution < -0.4 is 11.4 Å². The van der Waals surface area contributed by atoms with Gasteiger partial charge in [0.05, 0.1) is 18.0 Å². The molecule has 0 amide bonds. The lowest BCUT2D eigenvalue weighted by molar-refractivity contribution is -0.146. The van der Waals surface area contributed by atoms with Crippen molar-refractivity contribution in [1.29, 1.82) is 5.41 Å². The molecule has 0 aliphatic rings. The van der Waals surface area contributed by atoms with Crippen LogP contribution in [0, 0.1) is 17.7 Å². The summed E-state index contributed by atoms with van der Waals surface area (Å²) in [5, 5.41) is 11.9. The summed E-state index contributed by atoms with van der Waals surface area (Å²) in [6, 6.07) is 14.3. The zero-order chi connectivity index (χ0) is 23.5. The number of carbonyl (C=O) groups excluding carboxylic acids is 1. The summed E-state index contributed by atoms with van der Waals surface area (Å²) < 4.78 is 8.15. The minimum absolute atomic E-state index is 0. The van der Waals surface area contributed by atoms with Gasteiger partial charge in [-0.1, -0.05) is 32.9 Å². The molecule has 2 aromatic carbocycles. The smallest absolute Gasteiger partial charge is 0.355 e. The number of ether oxygens (including phenoxy) is 1. The standard InChI is InChI=1S/C24H29N5O3.ClH/c1-16-27-29(20-12-8-18(9-13-20)22(25)26)23(31)28(16)19-10-5-17(6-11-19)7-14-21(30)32-15-24(2,3)4;/h5-6,8-13H,7,14-15H2,1-4H3,(H3,25,26);1H. The summed E-state index contributed by atoms with van der Waals surface area (Å²) >= 11 is 0. The van der Waals surface area contributed by atoms with Crippen molar-refractivity contribution >= 4 is 24.2 Å². The molecule has 3 aromatic rings. The first kappa shape index (κ1) is 25.9. The summed E-state index contributed by atoms with van der Waals surface area (Å²) in [5.41, 5.74) is 7.99. The molecule has 9 heteroatoms. The van der Waals surface area contributed by atoms with E-state index in [1.807, 2.05) is 45.0 Å². The van der Waals surface area contributed by atoms with Crippen molar-refractivity contribution in [3.8, 4) is 11.4 Å². The van der Waals surface area contributed by atoms with E-state index < -0.39 is 0 Å². The fourth-order valence-electron chi connectivity index (χ4n) is 3.14. The van der Waals surface area contributed by atoms with Gasteiger partial charge in [0, 0.05) is 12.0 Å². The molecule has 0 saturated carbocycles. The van der Waals surface area contributed by atoms with Gasteiger partial charge in [-0.05, 0) is 60.7 Å². The molecule has 0 spiro atoms. The molecule has 1 aromatic heterocycles. The zero-order valence-corrected chi connectivity index (χ0v) is 20.1. The van der Waals surface area contributed by atoms with Crippen molar-refractivity contribution < 1.29 is 9.53 Å². The third-order valence-corrected chi connectivity index (χ3v) is 4.84. The molecule has 0 aliphatic carbocycles. The quantitative estimate of drug-likeness (QED) is 0.310. The number of hydrogen-bond acceptors (Lipinski definition) is 5. The number of nitrogens with zero attached hydrogens (tertiary/aromatic N) is 3. The van der Waals surface area contributed by atoms with Crippen molar-refractivity contribution in [3.05, 3.63) is 76.0 Å². The van der Waals surface area contributed by atoms with Crippen LogP contribution in [0.25, 0.3) is 11.4 Å². The summed E-state index contributed by atoms with van der Waals surface area (Å²) in [4.78, 5) is 24.9. The lowest BCUT2D eigenvalue weighted by Gasteiger charge is -2.17. The maximum absolute atomic E-state index is 13.0. The maximum Gasteiger partial charge on any atom is 0.355 e. The molecule has 176 valence electrons. The van der Waals surface area contributed by atoms with Crippen molar-refractivity contribution in [3.63, 3.8) is 0 Å². The second kappa shape index (κ2) is 10.5. The van der Waals surface area contributed by atoms with Crippen LogP contribution in [-0.2, 0) is 16.0 Å². The molecule has 0 unspecified atom stereocenters. The van der Waals surface area contributed by atoms with Crippen LogP contribution >= 0.6 is 12.4 Å². The summed E-state index contributed by atoms with van der Waals surface area (Å²) in [7, 11) is 0. The minimum Gasteiger partial charge on any atom is -0.465 e. The third kappa shape index (κ3) is 6.55. The maximum atomic E-state index is 13.0. The van der Waals surface area contributed by atoms with Crippen LogP contribution in [0.4, 0.5) is 0 Å². The molecule has 3 N–H and O–H groups in total. The van der Waals surface area contributed by atoms with E-state index in [1.165, 1.54) is 9.25 Å². The van der Waals surface area contributed by atoms with E-state index in [4.69, 9.17) is 15.9 Å². The van der Waals surface area contributed by atoms with Gasteiger partial charge in [0.25, 0.3) is 0 Å². The van der Waals surface area contributed by atoms with Crippen molar-refractivity contribution in [2.45, 2.75) is 40.5 Å². The van der Waals surface area contributed by atoms with E-state index in [-0.39, 0.29) is 35.3 Å². The first-order chi connectivity index (χ1) is 15.0. The summed E-state index contributed by atoms with van der Waals surface area (Å²) in [5.74, 6) is 0.297. The Hall–Kier alpha value is -3.39. The molecule has 0 radical (unpaired) electrons. The van der Waals surface area contributed by atoms with E-state index in [0.29, 0.717) is 42.2 Å². The highest BCUT2D eigenvalue weighted by Crippen LogP contribution is 2.15. The Labute approximate surface area is 199 Å². The normalized spacial score (nSPS) is 11.0. The first-order valence-electron chi connectivity index (χ1n) is 10.4. The van der Waals surface area contributed by atoms with Gasteiger partial charge in [0.1, 0.15) is 11.7 Å². The molecule has 0 atom stereocenters. The average Bonchev–Trinajstić information content (AvgIpc) is 3.04. The lowest BCUT2D eigenvalue weighted by atomic mass is 9.99. The number of carbonyl (C=O) groups is 1. The Balaban J connectivity index is 0.00000385. The van der Waals surface area contributed by atoms with Crippen molar-refractivity contribution in [2.75, 3.05) is 6.61 Å². The molecule has 8 nitrogen and oxygen atoms in total. The van der Waals surface area contributed by atoms with Gasteiger partial charge in [-0.3, -0.25) is 10.2 Å². The number of aryl methyl sites for hydroxylation is 2. The molecule has 0 aliphatic heterocycles. The second-order valence-corrected chi connectivity index (χ2v) is 8.93. The molecular formula is C24H30ClN5O3. The number of benzene rings is 2. The van der Waals surface area contributed by atoms with Gasteiger partial charge in [-0.2, -0.15) is 4.68 Å². The predicted molar refractivity (Wildman–Crippen MR) is 131 cm³/mol. The number of nitrogens with one attached hydrogen (secondary N) is 1. The highest BCUT2D eigenvalue weighted by molar-refractivity contribution is 5.95. The SMILES string of the molecule is Cc1nn(-c2ccc(C(=N)N)cc2)c(=O)n1-c1ccc(CCC(=O)OCC(C)(C)C)cc1.Cl. The fraction of sp³-hybridized carbons (Fsp3) is 0.333. The van der Waals surface area contributed by atoms with Crippen LogP contribution in [0.5, 0.6) is 0 Å². The molecule has 0 saturated heterocycles. The summed E-state index contributed by atoms with van der Waals surface area (Å²) in [6.07, 6.45) is 0.876. The monoisotopic (exact) mass is 471 g/mol. The Bertz CT molecular complexity index is 1170. The van der Waals surface area contributed by atoms with Gasteiger partial charge < -0.3 is 10.5 Å². The van der Waals surface area contributed by atoms with Gasteiger partial charge in [0.15, 0.2) is 0 Å². The largest absolute Gasteiger partial charge is 0.465 e. The van der Waals surface area contributed by atoms with E-state index in [1.54, 1.807) is 31.2 Å². The molecule has 0 fully saturated rings. The Morgan fingerprint density at radius 1 is 1.06 bits per heavy atom. The number of nitrogens with two attached hydrogens (primary N) is 1. The van der Waals surface area contributed by atoms with E-state index in [0.717, 1.165) is 5.56 Å². The average molecular weight is 472 g/mol. The van der Waals surface area contributed by atoms with Gasteiger partial charge in [0.2, 0.25) is 0 Å². The number of halogens is 1. The highest BCUT2D eigenvalue weighted by Gasteiger charge is 2.15. The Morgan fingerprint density at radius 2 is 1.64 bits per heavy atom. The Kier molecular flexibility index (Phi) is 8.22. The van der Waals surface area contributed by atoms with Crippen LogP contribution in [0.15, 0.2) is 53.3 Å². The number of rotatable bonds is 7. The number of amidine groups is 1.